The minimum atomic E-state index is -2.84. The number of alkyl halides is 2. The molecule has 7 nitrogen and oxygen atoms in total. The highest BCUT2D eigenvalue weighted by atomic mass is 19.3. The van der Waals surface area contributed by atoms with Crippen LogP contribution < -0.4 is 20.3 Å². The molecule has 2 N–H and O–H groups in total. The molecule has 1 atom stereocenters. The minimum Gasteiger partial charge on any atom is -0.433 e. The van der Waals surface area contributed by atoms with E-state index in [0.717, 1.165) is 30.7 Å². The number of halogens is 2. The average molecular weight is 428 g/mol. The van der Waals surface area contributed by atoms with Gasteiger partial charge in [0.25, 0.3) is 0 Å². The Balaban J connectivity index is 1.29. The van der Waals surface area contributed by atoms with Gasteiger partial charge in [0, 0.05) is 51.5 Å². The van der Waals surface area contributed by atoms with Crippen LogP contribution in [-0.2, 0) is 6.42 Å². The highest BCUT2D eigenvalue weighted by Crippen LogP contribution is 2.31. The molecule has 31 heavy (non-hydrogen) atoms. The third kappa shape index (κ3) is 5.22. The van der Waals surface area contributed by atoms with Crippen LogP contribution in [0.4, 0.5) is 14.5 Å². The lowest BCUT2D eigenvalue weighted by Gasteiger charge is -2.22. The van der Waals surface area contributed by atoms with Crippen LogP contribution in [0, 0.1) is 0 Å². The summed E-state index contributed by atoms with van der Waals surface area (Å²) in [6.45, 7) is -0.713. The molecule has 0 radical (unpaired) electrons. The van der Waals surface area contributed by atoms with Crippen molar-refractivity contribution in [3.63, 3.8) is 0 Å². The largest absolute Gasteiger partial charge is 0.433 e. The topological polar surface area (TPSA) is 66.2 Å². The number of nitrogens with one attached hydrogen (secondary N) is 2. The van der Waals surface area contributed by atoms with Crippen LogP contribution in [0.1, 0.15) is 12.1 Å². The summed E-state index contributed by atoms with van der Waals surface area (Å²) < 4.78 is 32.1. The van der Waals surface area contributed by atoms with Gasteiger partial charge in [0.1, 0.15) is 11.4 Å². The first-order chi connectivity index (χ1) is 15.1. The van der Waals surface area contributed by atoms with E-state index in [1.54, 1.807) is 19.2 Å². The Bertz CT molecular complexity index is 1000. The Morgan fingerprint density at radius 2 is 2.10 bits per heavy atom. The molecule has 0 bridgehead atoms. The fraction of sp³-hybridized carbons (Fsp3) is 0.364. The maximum Gasteiger partial charge on any atom is 0.387 e. The van der Waals surface area contributed by atoms with Crippen molar-refractivity contribution in [1.82, 2.24) is 20.0 Å². The van der Waals surface area contributed by atoms with E-state index in [0.29, 0.717) is 24.7 Å². The maximum absolute atomic E-state index is 12.7. The quantitative estimate of drug-likeness (QED) is 0.448. The van der Waals surface area contributed by atoms with Crippen molar-refractivity contribution in [2.45, 2.75) is 25.5 Å². The molecule has 0 amide bonds. The zero-order valence-electron chi connectivity index (χ0n) is 17.3. The summed E-state index contributed by atoms with van der Waals surface area (Å²) in [5, 5.41) is 6.75. The number of anilines is 1. The van der Waals surface area contributed by atoms with Crippen molar-refractivity contribution < 1.29 is 13.5 Å². The van der Waals surface area contributed by atoms with E-state index in [-0.39, 0.29) is 11.8 Å². The van der Waals surface area contributed by atoms with Crippen molar-refractivity contribution in [3.05, 3.63) is 60.6 Å². The lowest BCUT2D eigenvalue weighted by molar-refractivity contribution is -0.0495. The van der Waals surface area contributed by atoms with Crippen LogP contribution >= 0.6 is 0 Å². The first kappa shape index (κ1) is 20.9. The van der Waals surface area contributed by atoms with Crippen LogP contribution in [0.5, 0.6) is 5.75 Å². The highest BCUT2D eigenvalue weighted by Gasteiger charge is 2.26. The van der Waals surface area contributed by atoms with E-state index < -0.39 is 6.61 Å². The lowest BCUT2D eigenvalue weighted by Crippen LogP contribution is -2.45. The molecule has 3 aromatic rings. The predicted molar refractivity (Wildman–Crippen MR) is 117 cm³/mol. The van der Waals surface area contributed by atoms with Gasteiger partial charge in [-0.15, -0.1) is 0 Å². The van der Waals surface area contributed by atoms with Gasteiger partial charge < -0.3 is 24.7 Å². The fourth-order valence-electron chi connectivity index (χ4n) is 3.82. The number of pyridine rings is 1. The minimum absolute atomic E-state index is 0.154. The summed E-state index contributed by atoms with van der Waals surface area (Å²) in [4.78, 5) is 11.0. The van der Waals surface area contributed by atoms with E-state index >= 15 is 0 Å². The SMILES string of the molecule is CN=C(NCCc1cn2ccccc2n1)NC1CCN(c2ccccc2OC(F)F)C1. The summed E-state index contributed by atoms with van der Waals surface area (Å²) in [7, 11) is 1.73. The molecule has 1 aromatic carbocycles. The fourth-order valence-corrected chi connectivity index (χ4v) is 3.82. The number of rotatable bonds is 7. The molecule has 3 heterocycles. The van der Waals surface area contributed by atoms with Gasteiger partial charge in [-0.25, -0.2) is 4.98 Å². The molecule has 1 aliphatic heterocycles. The second-order valence-electron chi connectivity index (χ2n) is 7.37. The van der Waals surface area contributed by atoms with Gasteiger partial charge in [-0.1, -0.05) is 18.2 Å². The predicted octanol–water partition coefficient (Wildman–Crippen LogP) is 2.92. The molecule has 2 aromatic heterocycles. The van der Waals surface area contributed by atoms with E-state index in [1.165, 1.54) is 0 Å². The van der Waals surface area contributed by atoms with E-state index in [4.69, 9.17) is 0 Å². The summed E-state index contributed by atoms with van der Waals surface area (Å²) in [6, 6.07) is 13.0. The van der Waals surface area contributed by atoms with Crippen LogP contribution in [-0.4, -0.2) is 54.7 Å². The number of ether oxygens (including phenoxy) is 1. The van der Waals surface area contributed by atoms with Crippen LogP contribution in [0.3, 0.4) is 0 Å². The van der Waals surface area contributed by atoms with E-state index in [1.807, 2.05) is 47.1 Å². The standard InChI is InChI=1S/C22H26F2N6O/c1-25-22(26-11-9-16-15-30-12-5-4-8-20(30)27-16)28-17-10-13-29(14-17)18-6-2-3-7-19(18)31-21(23)24/h2-8,12,15,17,21H,9-11,13-14H2,1H3,(H2,25,26,28). The number of fused-ring (bicyclic) bond motifs is 1. The third-order valence-electron chi connectivity index (χ3n) is 5.26. The number of aliphatic imine (C=N–C) groups is 1. The monoisotopic (exact) mass is 428 g/mol. The molecule has 4 rings (SSSR count). The van der Waals surface area contributed by atoms with Crippen molar-refractivity contribution in [2.24, 2.45) is 4.99 Å². The molecule has 0 saturated carbocycles. The van der Waals surface area contributed by atoms with E-state index in [9.17, 15) is 8.78 Å². The molecule has 1 saturated heterocycles. The molecule has 1 unspecified atom stereocenters. The molecule has 1 fully saturated rings. The number of aromatic nitrogens is 2. The third-order valence-corrected chi connectivity index (χ3v) is 5.26. The Hall–Kier alpha value is -3.36. The summed E-state index contributed by atoms with van der Waals surface area (Å²) in [5.41, 5.74) is 2.63. The molecule has 9 heteroatoms. The molecule has 0 aliphatic carbocycles. The first-order valence-corrected chi connectivity index (χ1v) is 10.3. The molecular weight excluding hydrogens is 402 g/mol. The van der Waals surface area contributed by atoms with Gasteiger partial charge in [-0.05, 0) is 30.7 Å². The van der Waals surface area contributed by atoms with Crippen molar-refractivity contribution >= 4 is 17.3 Å². The van der Waals surface area contributed by atoms with Gasteiger partial charge >= 0.3 is 6.61 Å². The number of guanidine groups is 1. The Kier molecular flexibility index (Phi) is 6.49. The Morgan fingerprint density at radius 3 is 2.90 bits per heavy atom. The molecule has 164 valence electrons. The average Bonchev–Trinajstić information content (AvgIpc) is 3.39. The van der Waals surface area contributed by atoms with Crippen molar-refractivity contribution in [3.8, 4) is 5.75 Å². The number of nitrogens with zero attached hydrogens (tertiary/aromatic N) is 4. The summed E-state index contributed by atoms with van der Waals surface area (Å²) in [6.07, 6.45) is 5.66. The molecule has 1 aliphatic rings. The number of benzene rings is 1. The van der Waals surface area contributed by atoms with Crippen LogP contribution in [0.15, 0.2) is 59.9 Å². The first-order valence-electron chi connectivity index (χ1n) is 10.3. The molecular formula is C22H26F2N6O. The van der Waals surface area contributed by atoms with Crippen LogP contribution in [0.2, 0.25) is 0 Å². The summed E-state index contributed by atoms with van der Waals surface area (Å²) in [5.74, 6) is 0.917. The van der Waals surface area contributed by atoms with E-state index in [2.05, 4.69) is 30.2 Å². The van der Waals surface area contributed by atoms with Crippen LogP contribution in [0.25, 0.3) is 5.65 Å². The normalized spacial score (nSPS) is 16.8. The maximum atomic E-state index is 12.7. The van der Waals surface area contributed by atoms with Gasteiger partial charge in [0.05, 0.1) is 11.4 Å². The van der Waals surface area contributed by atoms with Crippen molar-refractivity contribution in [2.75, 3.05) is 31.6 Å². The lowest BCUT2D eigenvalue weighted by atomic mass is 10.2. The summed E-state index contributed by atoms with van der Waals surface area (Å²) >= 11 is 0. The smallest absolute Gasteiger partial charge is 0.387 e. The van der Waals surface area contributed by atoms with Gasteiger partial charge in [0.15, 0.2) is 5.96 Å². The number of imidazole rings is 1. The number of hydrogen-bond acceptors (Lipinski definition) is 4. The van der Waals surface area contributed by atoms with Gasteiger partial charge in [0.2, 0.25) is 0 Å². The second kappa shape index (κ2) is 9.63. The highest BCUT2D eigenvalue weighted by molar-refractivity contribution is 5.80. The molecule has 0 spiro atoms. The van der Waals surface area contributed by atoms with Gasteiger partial charge in [-0.3, -0.25) is 4.99 Å². The Labute approximate surface area is 179 Å². The van der Waals surface area contributed by atoms with Crippen molar-refractivity contribution in [1.29, 1.82) is 0 Å². The Morgan fingerprint density at radius 1 is 1.26 bits per heavy atom. The van der Waals surface area contributed by atoms with Gasteiger partial charge in [-0.2, -0.15) is 8.78 Å². The zero-order valence-corrected chi connectivity index (χ0v) is 17.3. The zero-order chi connectivity index (χ0) is 21.6. The number of para-hydroxylation sites is 2. The number of hydrogen-bond donors (Lipinski definition) is 2. The second-order valence-corrected chi connectivity index (χ2v) is 7.37.